The van der Waals surface area contributed by atoms with Gasteiger partial charge in [-0.3, -0.25) is 10.00 Å². The second-order valence-electron chi connectivity index (χ2n) is 6.40. The number of nitrogens with zero attached hydrogens (tertiary/aromatic N) is 2. The van der Waals surface area contributed by atoms with Crippen molar-refractivity contribution in [1.29, 1.82) is 0 Å². The van der Waals surface area contributed by atoms with Gasteiger partial charge in [-0.25, -0.2) is 4.79 Å². The molecule has 1 heterocycles. The van der Waals surface area contributed by atoms with Crippen LogP contribution in [0.1, 0.15) is 19.4 Å². The third-order valence-electron chi connectivity index (χ3n) is 4.37. The Bertz CT molecular complexity index is 1100. The lowest BCUT2D eigenvalue weighted by Gasteiger charge is -2.07. The van der Waals surface area contributed by atoms with Gasteiger partial charge in [-0.15, -0.1) is 0 Å². The van der Waals surface area contributed by atoms with Gasteiger partial charge in [0.2, 0.25) is 0 Å². The second kappa shape index (κ2) is 9.06. The predicted octanol–water partition coefficient (Wildman–Crippen LogP) is 6.19. The number of anilines is 1. The van der Waals surface area contributed by atoms with Crippen LogP contribution in [0.15, 0.2) is 72.8 Å². The fourth-order valence-electron chi connectivity index (χ4n) is 3.03. The fraction of sp³-hybridized carbons (Fsp3) is 0.167. The van der Waals surface area contributed by atoms with Gasteiger partial charge in [-0.1, -0.05) is 56.3 Å². The Labute approximate surface area is 170 Å². The third kappa shape index (κ3) is 4.63. The van der Waals surface area contributed by atoms with Crippen LogP contribution in [0.2, 0.25) is 0 Å². The molecule has 3 aromatic carbocycles. The van der Waals surface area contributed by atoms with Gasteiger partial charge >= 0.3 is 6.09 Å². The number of aromatic nitrogens is 2. The number of ether oxygens (including phenoxy) is 1. The van der Waals surface area contributed by atoms with Crippen molar-refractivity contribution < 1.29 is 9.53 Å². The summed E-state index contributed by atoms with van der Waals surface area (Å²) in [6, 6.07) is 22.8. The minimum absolute atomic E-state index is 0.502. The van der Waals surface area contributed by atoms with Crippen LogP contribution in [0.4, 0.5) is 10.5 Å². The lowest BCUT2D eigenvalue weighted by molar-refractivity contribution is 0.215. The van der Waals surface area contributed by atoms with Gasteiger partial charge in [0.1, 0.15) is 11.4 Å². The first kappa shape index (κ1) is 20.1. The molecule has 0 aliphatic rings. The van der Waals surface area contributed by atoms with Crippen molar-refractivity contribution in [3.8, 4) is 17.0 Å². The van der Waals surface area contributed by atoms with E-state index in [1.807, 2.05) is 68.0 Å². The third-order valence-corrected chi connectivity index (χ3v) is 4.37. The molecule has 1 amide bonds. The smallest absolute Gasteiger partial charge is 0.410 e. The number of hydrogen-bond acceptors (Lipinski definition) is 3. The van der Waals surface area contributed by atoms with Gasteiger partial charge in [0.05, 0.1) is 5.52 Å². The van der Waals surface area contributed by atoms with E-state index in [1.54, 1.807) is 12.1 Å². The zero-order chi connectivity index (χ0) is 20.8. The maximum absolute atomic E-state index is 12.0. The minimum atomic E-state index is -0.521. The molecular weight excluding hydrogens is 362 g/mol. The summed E-state index contributed by atoms with van der Waals surface area (Å²) in [5.41, 5.74) is 4.88. The van der Waals surface area contributed by atoms with Crippen molar-refractivity contribution in [2.45, 2.75) is 20.8 Å². The average molecular weight is 387 g/mol. The number of para-hydroxylation sites is 1. The SMILES string of the molecule is CC.Cc1ccc2c(-c3ccc(NC(=O)Oc4ccccc4)cc3)nn(C)c2c1. The average Bonchev–Trinajstić information content (AvgIpc) is 3.06. The minimum Gasteiger partial charge on any atom is -0.410 e. The van der Waals surface area contributed by atoms with Crippen molar-refractivity contribution in [3.63, 3.8) is 0 Å². The van der Waals surface area contributed by atoms with Crippen LogP contribution in [0, 0.1) is 6.92 Å². The van der Waals surface area contributed by atoms with Crippen LogP contribution >= 0.6 is 0 Å². The number of rotatable bonds is 3. The molecule has 5 heteroatoms. The number of benzene rings is 3. The van der Waals surface area contributed by atoms with E-state index >= 15 is 0 Å². The molecule has 0 aliphatic carbocycles. The number of fused-ring (bicyclic) bond motifs is 1. The number of amides is 1. The van der Waals surface area contributed by atoms with E-state index in [2.05, 4.69) is 35.5 Å². The topological polar surface area (TPSA) is 56.1 Å². The Balaban J connectivity index is 0.00000117. The summed E-state index contributed by atoms with van der Waals surface area (Å²) >= 11 is 0. The van der Waals surface area contributed by atoms with Gasteiger partial charge in [0, 0.05) is 23.7 Å². The summed E-state index contributed by atoms with van der Waals surface area (Å²) in [6.45, 7) is 6.07. The first-order valence-corrected chi connectivity index (χ1v) is 9.68. The monoisotopic (exact) mass is 387 g/mol. The molecule has 0 saturated heterocycles. The van der Waals surface area contributed by atoms with Crippen molar-refractivity contribution >= 4 is 22.7 Å². The standard InChI is InChI=1S/C22H19N3O2.C2H6/c1-15-8-13-19-20(14-15)25(2)24-21(19)16-9-11-17(12-10-16)23-22(26)27-18-6-4-3-5-7-18;1-2/h3-14H,1-2H3,(H,23,26);1-2H3. The maximum atomic E-state index is 12.0. The number of carbonyl (C=O) groups excluding carboxylic acids is 1. The Morgan fingerprint density at radius 1 is 0.966 bits per heavy atom. The van der Waals surface area contributed by atoms with Gasteiger partial charge < -0.3 is 4.74 Å². The maximum Gasteiger partial charge on any atom is 0.417 e. The molecule has 0 spiro atoms. The molecule has 0 aliphatic heterocycles. The van der Waals surface area contributed by atoms with Gasteiger partial charge in [0.25, 0.3) is 0 Å². The summed E-state index contributed by atoms with van der Waals surface area (Å²) in [5.74, 6) is 0.502. The summed E-state index contributed by atoms with van der Waals surface area (Å²) in [7, 11) is 1.95. The summed E-state index contributed by atoms with van der Waals surface area (Å²) in [5, 5.41) is 8.49. The molecule has 5 nitrogen and oxygen atoms in total. The molecule has 1 aromatic heterocycles. The Morgan fingerprint density at radius 2 is 1.66 bits per heavy atom. The fourth-order valence-corrected chi connectivity index (χ4v) is 3.03. The highest BCUT2D eigenvalue weighted by atomic mass is 16.6. The first-order valence-electron chi connectivity index (χ1n) is 9.68. The lowest BCUT2D eigenvalue weighted by atomic mass is 10.1. The number of carbonyl (C=O) groups is 1. The molecule has 0 radical (unpaired) electrons. The summed E-state index contributed by atoms with van der Waals surface area (Å²) in [4.78, 5) is 12.0. The number of aryl methyl sites for hydroxylation is 2. The van der Waals surface area contributed by atoms with E-state index in [1.165, 1.54) is 5.56 Å². The van der Waals surface area contributed by atoms with E-state index in [4.69, 9.17) is 4.74 Å². The van der Waals surface area contributed by atoms with Gasteiger partial charge in [-0.2, -0.15) is 5.10 Å². The lowest BCUT2D eigenvalue weighted by Crippen LogP contribution is -2.16. The molecule has 4 rings (SSSR count). The molecule has 0 saturated carbocycles. The molecule has 29 heavy (non-hydrogen) atoms. The molecule has 4 aromatic rings. The van der Waals surface area contributed by atoms with Crippen molar-refractivity contribution in [2.75, 3.05) is 5.32 Å². The van der Waals surface area contributed by atoms with Crippen LogP contribution in [0.3, 0.4) is 0 Å². The van der Waals surface area contributed by atoms with Crippen molar-refractivity contribution in [1.82, 2.24) is 9.78 Å². The molecule has 1 N–H and O–H groups in total. The van der Waals surface area contributed by atoms with Crippen LogP contribution in [-0.4, -0.2) is 15.9 Å². The van der Waals surface area contributed by atoms with Crippen LogP contribution in [0.5, 0.6) is 5.75 Å². The summed E-state index contributed by atoms with van der Waals surface area (Å²) in [6.07, 6.45) is -0.521. The van der Waals surface area contributed by atoms with E-state index in [9.17, 15) is 4.79 Å². The van der Waals surface area contributed by atoms with Crippen LogP contribution in [-0.2, 0) is 7.05 Å². The Morgan fingerprint density at radius 3 is 2.34 bits per heavy atom. The highest BCUT2D eigenvalue weighted by molar-refractivity contribution is 5.94. The number of hydrogen-bond donors (Lipinski definition) is 1. The molecule has 0 unspecified atom stereocenters. The number of nitrogens with one attached hydrogen (secondary N) is 1. The highest BCUT2D eigenvalue weighted by Gasteiger charge is 2.11. The molecule has 148 valence electrons. The molecule has 0 fully saturated rings. The first-order chi connectivity index (χ1) is 14.1. The normalized spacial score (nSPS) is 10.2. The molecule has 0 bridgehead atoms. The van der Waals surface area contributed by atoms with Crippen LogP contribution in [0.25, 0.3) is 22.2 Å². The summed E-state index contributed by atoms with van der Waals surface area (Å²) < 4.78 is 7.13. The second-order valence-corrected chi connectivity index (χ2v) is 6.40. The Kier molecular flexibility index (Phi) is 6.29. The predicted molar refractivity (Wildman–Crippen MR) is 118 cm³/mol. The van der Waals surface area contributed by atoms with Gasteiger partial charge in [0.15, 0.2) is 0 Å². The Hall–Kier alpha value is -3.60. The van der Waals surface area contributed by atoms with E-state index in [-0.39, 0.29) is 0 Å². The largest absolute Gasteiger partial charge is 0.417 e. The van der Waals surface area contributed by atoms with Crippen LogP contribution < -0.4 is 10.1 Å². The zero-order valence-corrected chi connectivity index (χ0v) is 17.1. The molecular formula is C24H25N3O2. The van der Waals surface area contributed by atoms with E-state index < -0.39 is 6.09 Å². The zero-order valence-electron chi connectivity index (χ0n) is 17.1. The molecule has 0 atom stereocenters. The van der Waals surface area contributed by atoms with Gasteiger partial charge in [-0.05, 0) is 42.8 Å². The van der Waals surface area contributed by atoms with E-state index in [0.29, 0.717) is 11.4 Å². The van der Waals surface area contributed by atoms with Crippen molar-refractivity contribution in [3.05, 3.63) is 78.4 Å². The quantitative estimate of drug-likeness (QED) is 0.456. The van der Waals surface area contributed by atoms with E-state index in [0.717, 1.165) is 22.2 Å². The highest BCUT2D eigenvalue weighted by Crippen LogP contribution is 2.29. The van der Waals surface area contributed by atoms with Crippen molar-refractivity contribution in [2.24, 2.45) is 7.05 Å².